The van der Waals surface area contributed by atoms with Crippen LogP contribution >= 0.6 is 0 Å². The van der Waals surface area contributed by atoms with Crippen LogP contribution in [0.4, 0.5) is 33.6 Å². The van der Waals surface area contributed by atoms with E-state index in [4.69, 9.17) is 4.84 Å². The molecule has 0 aliphatic carbocycles. The lowest BCUT2D eigenvalue weighted by Gasteiger charge is -2.10. The van der Waals surface area contributed by atoms with Gasteiger partial charge in [-0.05, 0) is 36.4 Å². The van der Waals surface area contributed by atoms with Gasteiger partial charge in [0.25, 0.3) is 5.95 Å². The maximum absolute atomic E-state index is 13.0. The van der Waals surface area contributed by atoms with Gasteiger partial charge in [0.1, 0.15) is 5.82 Å². The number of hydrogen-bond acceptors (Lipinski definition) is 7. The first-order valence-electron chi connectivity index (χ1n) is 7.13. The fourth-order valence-corrected chi connectivity index (χ4v) is 1.94. The quantitative estimate of drug-likeness (QED) is 0.598. The number of benzene rings is 2. The van der Waals surface area contributed by atoms with Crippen LogP contribution in [0.25, 0.3) is 0 Å². The topological polar surface area (TPSA) is 84.0 Å². The lowest BCUT2D eigenvalue weighted by molar-refractivity contribution is 0.267. The highest BCUT2D eigenvalue weighted by Crippen LogP contribution is 2.18. The van der Waals surface area contributed by atoms with Gasteiger partial charge in [-0.1, -0.05) is 18.2 Å². The molecule has 0 saturated carbocycles. The van der Waals surface area contributed by atoms with Gasteiger partial charge in [0, 0.05) is 11.4 Å². The number of nitrogens with zero attached hydrogens (tertiary/aromatic N) is 3. The van der Waals surface area contributed by atoms with E-state index in [0.717, 1.165) is 5.69 Å². The van der Waals surface area contributed by atoms with Crippen molar-refractivity contribution in [2.45, 2.75) is 0 Å². The molecule has 0 aliphatic heterocycles. The first-order valence-corrected chi connectivity index (χ1v) is 7.13. The number of anilines is 5. The second-order valence-corrected chi connectivity index (χ2v) is 4.74. The van der Waals surface area contributed by atoms with Crippen LogP contribution in [0.5, 0.6) is 0 Å². The minimum Gasteiger partial charge on any atom is -0.324 e. The van der Waals surface area contributed by atoms with Crippen molar-refractivity contribution in [1.82, 2.24) is 15.0 Å². The molecule has 1 heterocycles. The van der Waals surface area contributed by atoms with E-state index >= 15 is 0 Å². The van der Waals surface area contributed by atoms with E-state index in [1.54, 1.807) is 12.1 Å². The Bertz CT molecular complexity index is 797. The van der Waals surface area contributed by atoms with Crippen molar-refractivity contribution < 1.29 is 9.23 Å². The van der Waals surface area contributed by atoms with Crippen molar-refractivity contribution in [3.05, 3.63) is 60.4 Å². The van der Waals surface area contributed by atoms with E-state index in [9.17, 15) is 4.39 Å². The van der Waals surface area contributed by atoms with Gasteiger partial charge in [-0.3, -0.25) is 4.84 Å². The van der Waals surface area contributed by atoms with E-state index in [0.29, 0.717) is 11.6 Å². The van der Waals surface area contributed by atoms with Crippen molar-refractivity contribution in [2.75, 3.05) is 23.2 Å². The van der Waals surface area contributed by atoms with Gasteiger partial charge in [0.15, 0.2) is 0 Å². The van der Waals surface area contributed by atoms with Gasteiger partial charge in [-0.25, -0.2) is 9.87 Å². The minimum atomic E-state index is -0.315. The number of nitrogens with one attached hydrogen (secondary N) is 3. The van der Waals surface area contributed by atoms with E-state index in [-0.39, 0.29) is 17.7 Å². The Labute approximate surface area is 137 Å². The van der Waals surface area contributed by atoms with E-state index in [1.165, 1.54) is 19.2 Å². The molecule has 0 saturated heterocycles. The second kappa shape index (κ2) is 7.34. The van der Waals surface area contributed by atoms with Gasteiger partial charge in [-0.2, -0.15) is 15.0 Å². The first kappa shape index (κ1) is 15.6. The van der Waals surface area contributed by atoms with Gasteiger partial charge >= 0.3 is 0 Å². The molecule has 3 aromatic rings. The molecule has 0 radical (unpaired) electrons. The normalized spacial score (nSPS) is 10.2. The molecule has 3 N–H and O–H groups in total. The van der Waals surface area contributed by atoms with E-state index in [2.05, 4.69) is 31.1 Å². The maximum Gasteiger partial charge on any atom is 0.253 e. The zero-order valence-electron chi connectivity index (χ0n) is 12.8. The highest BCUT2D eigenvalue weighted by molar-refractivity contribution is 5.58. The Morgan fingerprint density at radius 3 is 1.88 bits per heavy atom. The molecule has 0 unspecified atom stereocenters. The van der Waals surface area contributed by atoms with Gasteiger partial charge in [0.2, 0.25) is 11.9 Å². The third-order valence-electron chi connectivity index (χ3n) is 2.96. The summed E-state index contributed by atoms with van der Waals surface area (Å²) < 4.78 is 13.0. The molecule has 24 heavy (non-hydrogen) atoms. The molecule has 3 rings (SSSR count). The van der Waals surface area contributed by atoms with Gasteiger partial charge in [0.05, 0.1) is 7.11 Å². The van der Waals surface area contributed by atoms with Crippen molar-refractivity contribution in [2.24, 2.45) is 0 Å². The minimum absolute atomic E-state index is 0.232. The SMILES string of the molecule is CONc1nc(Nc2ccccc2)nc(Nc2ccc(F)cc2)n1. The monoisotopic (exact) mass is 326 g/mol. The highest BCUT2D eigenvalue weighted by atomic mass is 19.1. The Morgan fingerprint density at radius 1 is 0.750 bits per heavy atom. The number of para-hydroxylation sites is 1. The van der Waals surface area contributed by atoms with Crippen LogP contribution in [0, 0.1) is 5.82 Å². The first-order chi connectivity index (χ1) is 11.7. The molecule has 1 aromatic heterocycles. The standard InChI is InChI=1S/C16H15FN6O/c1-24-23-16-21-14(18-12-5-3-2-4-6-12)20-15(22-16)19-13-9-7-11(17)8-10-13/h2-10H,1H3,(H3,18,19,20,21,22,23). The summed E-state index contributed by atoms with van der Waals surface area (Å²) in [5, 5.41) is 6.07. The van der Waals surface area contributed by atoms with Crippen molar-refractivity contribution >= 4 is 29.2 Å². The fourth-order valence-electron chi connectivity index (χ4n) is 1.94. The van der Waals surface area contributed by atoms with Crippen molar-refractivity contribution in [1.29, 1.82) is 0 Å². The fraction of sp³-hybridized carbons (Fsp3) is 0.0625. The predicted octanol–water partition coefficient (Wildman–Crippen LogP) is 3.47. The lowest BCUT2D eigenvalue weighted by atomic mass is 10.3. The number of aromatic nitrogens is 3. The smallest absolute Gasteiger partial charge is 0.253 e. The summed E-state index contributed by atoms with van der Waals surface area (Å²) in [5.74, 6) is 0.537. The Balaban J connectivity index is 1.86. The Kier molecular flexibility index (Phi) is 4.78. The zero-order valence-corrected chi connectivity index (χ0v) is 12.8. The summed E-state index contributed by atoms with van der Waals surface area (Å²) in [7, 11) is 1.46. The van der Waals surface area contributed by atoms with Crippen LogP contribution in [0.2, 0.25) is 0 Å². The van der Waals surface area contributed by atoms with Crippen LogP contribution in [-0.2, 0) is 4.84 Å². The molecule has 122 valence electrons. The number of rotatable bonds is 6. The molecular formula is C16H15FN6O. The van der Waals surface area contributed by atoms with Crippen molar-refractivity contribution in [3.8, 4) is 0 Å². The Morgan fingerprint density at radius 2 is 1.29 bits per heavy atom. The van der Waals surface area contributed by atoms with Crippen LogP contribution in [0.15, 0.2) is 54.6 Å². The summed E-state index contributed by atoms with van der Waals surface area (Å²) in [5.41, 5.74) is 4.05. The molecule has 0 fully saturated rings. The molecular weight excluding hydrogens is 311 g/mol. The third kappa shape index (κ3) is 4.14. The van der Waals surface area contributed by atoms with E-state index < -0.39 is 0 Å². The number of halogens is 1. The summed E-state index contributed by atoms with van der Waals surface area (Å²) in [6, 6.07) is 15.4. The predicted molar refractivity (Wildman–Crippen MR) is 89.9 cm³/mol. The largest absolute Gasteiger partial charge is 0.324 e. The molecule has 0 amide bonds. The van der Waals surface area contributed by atoms with Crippen LogP contribution in [0.1, 0.15) is 0 Å². The second-order valence-electron chi connectivity index (χ2n) is 4.74. The van der Waals surface area contributed by atoms with Crippen molar-refractivity contribution in [3.63, 3.8) is 0 Å². The highest BCUT2D eigenvalue weighted by Gasteiger charge is 2.07. The molecule has 0 aliphatic rings. The third-order valence-corrected chi connectivity index (χ3v) is 2.96. The van der Waals surface area contributed by atoms with Gasteiger partial charge < -0.3 is 10.6 Å². The van der Waals surface area contributed by atoms with Gasteiger partial charge in [-0.15, -0.1) is 0 Å². The van der Waals surface area contributed by atoms with Crippen LogP contribution in [0.3, 0.4) is 0 Å². The molecule has 0 spiro atoms. The summed E-state index contributed by atoms with van der Waals surface area (Å²) in [4.78, 5) is 17.5. The molecule has 0 atom stereocenters. The average molecular weight is 326 g/mol. The summed E-state index contributed by atoms with van der Waals surface area (Å²) in [6.45, 7) is 0. The summed E-state index contributed by atoms with van der Waals surface area (Å²) >= 11 is 0. The molecule has 0 bridgehead atoms. The van der Waals surface area contributed by atoms with E-state index in [1.807, 2.05) is 30.3 Å². The maximum atomic E-state index is 13.0. The molecule has 7 nitrogen and oxygen atoms in total. The molecule has 2 aromatic carbocycles. The molecule has 8 heteroatoms. The number of hydrogen-bond donors (Lipinski definition) is 3. The van der Waals surface area contributed by atoms with Crippen LogP contribution < -0.4 is 16.1 Å². The Hall–Kier alpha value is -3.26. The summed E-state index contributed by atoms with van der Waals surface area (Å²) in [6.07, 6.45) is 0. The lowest BCUT2D eigenvalue weighted by Crippen LogP contribution is -2.08. The average Bonchev–Trinajstić information content (AvgIpc) is 2.58. The zero-order chi connectivity index (χ0) is 16.8. The van der Waals surface area contributed by atoms with Crippen LogP contribution in [-0.4, -0.2) is 22.1 Å².